The van der Waals surface area contributed by atoms with E-state index in [2.05, 4.69) is 22.8 Å². The number of hydrogen-bond donors (Lipinski definition) is 2. The lowest BCUT2D eigenvalue weighted by molar-refractivity contribution is 0.102. The zero-order chi connectivity index (χ0) is 17.8. The molecule has 0 fully saturated rings. The number of carbonyl (C=O) groups excluding carboxylic acids is 1. The summed E-state index contributed by atoms with van der Waals surface area (Å²) in [5, 5.41) is 6.83. The molecule has 4 rings (SSSR count). The van der Waals surface area contributed by atoms with Gasteiger partial charge in [-0.2, -0.15) is 0 Å². The van der Waals surface area contributed by atoms with Gasteiger partial charge in [0.15, 0.2) is 0 Å². The first kappa shape index (κ1) is 16.2. The van der Waals surface area contributed by atoms with Crippen LogP contribution in [0.25, 0.3) is 0 Å². The van der Waals surface area contributed by atoms with Crippen LogP contribution in [-0.2, 0) is 6.54 Å². The highest BCUT2D eigenvalue weighted by molar-refractivity contribution is 6.10. The van der Waals surface area contributed by atoms with Gasteiger partial charge in [0.05, 0.1) is 11.7 Å². The SMILES string of the molecule is O=C1C(NCc2ccccc2)=CC(Nc2ccccc2)c2ccccc21. The molecule has 128 valence electrons. The van der Waals surface area contributed by atoms with Gasteiger partial charge in [-0.3, -0.25) is 4.79 Å². The zero-order valence-corrected chi connectivity index (χ0v) is 14.4. The Balaban J connectivity index is 1.62. The van der Waals surface area contributed by atoms with Gasteiger partial charge in [-0.15, -0.1) is 0 Å². The number of ketones is 1. The van der Waals surface area contributed by atoms with Crippen molar-refractivity contribution >= 4 is 11.5 Å². The van der Waals surface area contributed by atoms with Gasteiger partial charge in [0.2, 0.25) is 5.78 Å². The molecule has 0 bridgehead atoms. The van der Waals surface area contributed by atoms with Crippen molar-refractivity contribution in [2.75, 3.05) is 5.32 Å². The van der Waals surface area contributed by atoms with E-state index in [1.807, 2.05) is 78.9 Å². The lowest BCUT2D eigenvalue weighted by atomic mass is 9.89. The summed E-state index contributed by atoms with van der Waals surface area (Å²) in [6.07, 6.45) is 1.99. The predicted octanol–water partition coefficient (Wildman–Crippen LogP) is 4.71. The van der Waals surface area contributed by atoms with Crippen molar-refractivity contribution in [3.05, 3.63) is 113 Å². The fourth-order valence-corrected chi connectivity index (χ4v) is 3.22. The summed E-state index contributed by atoms with van der Waals surface area (Å²) >= 11 is 0. The minimum absolute atomic E-state index is 0.0441. The second-order valence-electron chi connectivity index (χ2n) is 6.32. The van der Waals surface area contributed by atoms with E-state index in [4.69, 9.17) is 0 Å². The van der Waals surface area contributed by atoms with Crippen molar-refractivity contribution in [2.45, 2.75) is 12.6 Å². The molecular weight excluding hydrogens is 320 g/mol. The first-order valence-electron chi connectivity index (χ1n) is 8.76. The molecule has 0 aliphatic heterocycles. The molecule has 0 radical (unpaired) electrons. The molecule has 0 aromatic heterocycles. The molecular formula is C23H20N2O. The summed E-state index contributed by atoms with van der Waals surface area (Å²) in [5.74, 6) is 0.0441. The van der Waals surface area contributed by atoms with Crippen molar-refractivity contribution in [1.29, 1.82) is 0 Å². The fraction of sp³-hybridized carbons (Fsp3) is 0.0870. The topological polar surface area (TPSA) is 41.1 Å². The molecule has 1 unspecified atom stereocenters. The number of anilines is 1. The Morgan fingerprint density at radius 1 is 0.769 bits per heavy atom. The summed E-state index contributed by atoms with van der Waals surface area (Å²) < 4.78 is 0. The highest BCUT2D eigenvalue weighted by atomic mass is 16.1. The smallest absolute Gasteiger partial charge is 0.208 e. The second kappa shape index (κ2) is 7.28. The average molecular weight is 340 g/mol. The van der Waals surface area contributed by atoms with E-state index in [-0.39, 0.29) is 11.8 Å². The summed E-state index contributed by atoms with van der Waals surface area (Å²) in [6.45, 7) is 0.624. The van der Waals surface area contributed by atoms with Crippen LogP contribution in [-0.4, -0.2) is 5.78 Å². The van der Waals surface area contributed by atoms with Gasteiger partial charge in [0.1, 0.15) is 0 Å². The summed E-state index contributed by atoms with van der Waals surface area (Å²) in [6, 6.07) is 27.9. The molecule has 3 aromatic rings. The average Bonchev–Trinajstić information content (AvgIpc) is 2.71. The number of para-hydroxylation sites is 1. The van der Waals surface area contributed by atoms with Crippen LogP contribution < -0.4 is 10.6 Å². The number of fused-ring (bicyclic) bond motifs is 1. The van der Waals surface area contributed by atoms with Crippen molar-refractivity contribution < 1.29 is 4.79 Å². The van der Waals surface area contributed by atoms with Crippen LogP contribution in [0.1, 0.15) is 27.5 Å². The third-order valence-corrected chi connectivity index (χ3v) is 4.54. The van der Waals surface area contributed by atoms with Crippen LogP contribution in [0.2, 0.25) is 0 Å². The normalized spacial score (nSPS) is 15.8. The molecule has 1 atom stereocenters. The van der Waals surface area contributed by atoms with Gasteiger partial charge in [0.25, 0.3) is 0 Å². The highest BCUT2D eigenvalue weighted by Crippen LogP contribution is 2.30. The Bertz CT molecular complexity index is 933. The van der Waals surface area contributed by atoms with E-state index in [0.717, 1.165) is 22.4 Å². The molecule has 3 nitrogen and oxygen atoms in total. The number of benzene rings is 3. The van der Waals surface area contributed by atoms with Gasteiger partial charge in [0, 0.05) is 17.8 Å². The standard InChI is InChI=1S/C23H20N2O/c26-23-20-14-8-7-13-19(20)21(25-18-11-5-2-6-12-18)15-22(23)24-16-17-9-3-1-4-10-17/h1-15,21,24-25H,16H2. The summed E-state index contributed by atoms with van der Waals surface area (Å²) in [7, 11) is 0. The number of carbonyl (C=O) groups is 1. The summed E-state index contributed by atoms with van der Waals surface area (Å²) in [4.78, 5) is 12.9. The third-order valence-electron chi connectivity index (χ3n) is 4.54. The van der Waals surface area contributed by atoms with Crippen molar-refractivity contribution in [3.8, 4) is 0 Å². The lowest BCUT2D eigenvalue weighted by Crippen LogP contribution is -2.28. The molecule has 2 N–H and O–H groups in total. The number of hydrogen-bond acceptors (Lipinski definition) is 3. The van der Waals surface area contributed by atoms with Crippen molar-refractivity contribution in [3.63, 3.8) is 0 Å². The van der Waals surface area contributed by atoms with E-state index < -0.39 is 0 Å². The van der Waals surface area contributed by atoms with Crippen LogP contribution in [0.4, 0.5) is 5.69 Å². The second-order valence-corrected chi connectivity index (χ2v) is 6.32. The van der Waals surface area contributed by atoms with Crippen LogP contribution in [0.3, 0.4) is 0 Å². The third kappa shape index (κ3) is 3.38. The maximum Gasteiger partial charge on any atom is 0.208 e. The minimum Gasteiger partial charge on any atom is -0.378 e. The molecule has 0 heterocycles. The molecule has 0 saturated carbocycles. The zero-order valence-electron chi connectivity index (χ0n) is 14.4. The maximum absolute atomic E-state index is 12.9. The molecule has 0 saturated heterocycles. The number of Topliss-reactive ketones (excluding diaryl/α,β-unsaturated/α-hetero) is 1. The molecule has 3 aromatic carbocycles. The molecule has 0 amide bonds. The van der Waals surface area contributed by atoms with E-state index in [1.54, 1.807) is 0 Å². The van der Waals surface area contributed by atoms with Gasteiger partial charge >= 0.3 is 0 Å². The predicted molar refractivity (Wildman–Crippen MR) is 105 cm³/mol. The summed E-state index contributed by atoms with van der Waals surface area (Å²) in [5.41, 5.74) is 4.57. The Labute approximate surface area is 153 Å². The first-order chi connectivity index (χ1) is 12.8. The fourth-order valence-electron chi connectivity index (χ4n) is 3.22. The van der Waals surface area contributed by atoms with Crippen molar-refractivity contribution in [2.24, 2.45) is 0 Å². The number of rotatable bonds is 5. The largest absolute Gasteiger partial charge is 0.378 e. The van der Waals surface area contributed by atoms with Crippen LogP contribution in [0.5, 0.6) is 0 Å². The Hall–Kier alpha value is -3.33. The molecule has 0 spiro atoms. The quantitative estimate of drug-likeness (QED) is 0.707. The minimum atomic E-state index is -0.0513. The first-order valence-corrected chi connectivity index (χ1v) is 8.76. The Morgan fingerprint density at radius 2 is 1.42 bits per heavy atom. The van der Waals surface area contributed by atoms with Gasteiger partial charge in [-0.05, 0) is 29.3 Å². The number of allylic oxidation sites excluding steroid dienone is 1. The van der Waals surface area contributed by atoms with E-state index >= 15 is 0 Å². The van der Waals surface area contributed by atoms with Crippen LogP contribution in [0, 0.1) is 0 Å². The molecule has 1 aliphatic carbocycles. The van der Waals surface area contributed by atoms with Crippen molar-refractivity contribution in [1.82, 2.24) is 5.32 Å². The van der Waals surface area contributed by atoms with E-state index in [0.29, 0.717) is 12.2 Å². The van der Waals surface area contributed by atoms with Gasteiger partial charge in [-0.25, -0.2) is 0 Å². The van der Waals surface area contributed by atoms with E-state index in [1.165, 1.54) is 0 Å². The van der Waals surface area contributed by atoms with Crippen LogP contribution >= 0.6 is 0 Å². The molecule has 1 aliphatic rings. The molecule has 3 heteroatoms. The number of nitrogens with one attached hydrogen (secondary N) is 2. The van der Waals surface area contributed by atoms with Gasteiger partial charge in [-0.1, -0.05) is 72.8 Å². The van der Waals surface area contributed by atoms with Crippen LogP contribution in [0.15, 0.2) is 96.7 Å². The Kier molecular flexibility index (Phi) is 4.52. The monoisotopic (exact) mass is 340 g/mol. The lowest BCUT2D eigenvalue weighted by Gasteiger charge is -2.26. The Morgan fingerprint density at radius 3 is 2.19 bits per heavy atom. The highest BCUT2D eigenvalue weighted by Gasteiger charge is 2.26. The maximum atomic E-state index is 12.9. The van der Waals surface area contributed by atoms with E-state index in [9.17, 15) is 4.79 Å². The molecule has 26 heavy (non-hydrogen) atoms. The van der Waals surface area contributed by atoms with Gasteiger partial charge < -0.3 is 10.6 Å².